The van der Waals surface area contributed by atoms with E-state index in [9.17, 15) is 5.11 Å². The van der Waals surface area contributed by atoms with Crippen LogP contribution in [0.25, 0.3) is 0 Å². The van der Waals surface area contributed by atoms with Gasteiger partial charge < -0.3 is 15.2 Å². The molecule has 0 aromatic carbocycles. The Labute approximate surface area is 106 Å². The van der Waals surface area contributed by atoms with Crippen LogP contribution in [0.4, 0.5) is 0 Å². The van der Waals surface area contributed by atoms with Gasteiger partial charge in [-0.05, 0) is 44.9 Å². The summed E-state index contributed by atoms with van der Waals surface area (Å²) in [6.07, 6.45) is 5.78. The van der Waals surface area contributed by atoms with Crippen LogP contribution in [0.15, 0.2) is 0 Å². The highest BCUT2D eigenvalue weighted by atomic mass is 16.5. The van der Waals surface area contributed by atoms with Crippen LogP contribution in [0.2, 0.25) is 0 Å². The van der Waals surface area contributed by atoms with Gasteiger partial charge in [-0.2, -0.15) is 0 Å². The molecule has 1 unspecified atom stereocenters. The minimum absolute atomic E-state index is 0.154. The molecule has 0 saturated heterocycles. The fourth-order valence-electron chi connectivity index (χ4n) is 1.91. The van der Waals surface area contributed by atoms with Crippen molar-refractivity contribution >= 4 is 0 Å². The molecule has 1 aliphatic carbocycles. The van der Waals surface area contributed by atoms with E-state index < -0.39 is 0 Å². The maximum Gasteiger partial charge on any atom is 0.0611 e. The number of rotatable bonds is 10. The van der Waals surface area contributed by atoms with Gasteiger partial charge in [-0.15, -0.1) is 0 Å². The normalized spacial score (nSPS) is 19.6. The lowest BCUT2D eigenvalue weighted by molar-refractivity contribution is 0.0830. The molecule has 0 bridgehead atoms. The van der Waals surface area contributed by atoms with Crippen molar-refractivity contribution in [3.05, 3.63) is 0 Å². The lowest BCUT2D eigenvalue weighted by Gasteiger charge is -2.28. The van der Waals surface area contributed by atoms with Gasteiger partial charge in [-0.1, -0.05) is 13.8 Å². The largest absolute Gasteiger partial charge is 0.394 e. The summed E-state index contributed by atoms with van der Waals surface area (Å²) in [4.78, 5) is 0. The van der Waals surface area contributed by atoms with Gasteiger partial charge >= 0.3 is 0 Å². The topological polar surface area (TPSA) is 41.5 Å². The second-order valence-corrected chi connectivity index (χ2v) is 6.04. The van der Waals surface area contributed by atoms with E-state index in [1.807, 2.05) is 0 Å². The lowest BCUT2D eigenvalue weighted by Crippen LogP contribution is -2.47. The third-order valence-electron chi connectivity index (χ3n) is 3.35. The summed E-state index contributed by atoms with van der Waals surface area (Å²) in [5.74, 6) is 0.762. The Morgan fingerprint density at radius 2 is 2.06 bits per heavy atom. The zero-order valence-electron chi connectivity index (χ0n) is 11.7. The van der Waals surface area contributed by atoms with Crippen molar-refractivity contribution in [2.24, 2.45) is 5.92 Å². The van der Waals surface area contributed by atoms with Crippen molar-refractivity contribution in [1.82, 2.24) is 5.32 Å². The second-order valence-electron chi connectivity index (χ2n) is 6.04. The third-order valence-corrected chi connectivity index (χ3v) is 3.35. The molecule has 0 aliphatic heterocycles. The summed E-state index contributed by atoms with van der Waals surface area (Å²) in [6.45, 7) is 8.35. The highest BCUT2D eigenvalue weighted by Crippen LogP contribution is 2.23. The Morgan fingerprint density at radius 1 is 1.35 bits per heavy atom. The van der Waals surface area contributed by atoms with Gasteiger partial charge in [-0.25, -0.2) is 0 Å². The first-order chi connectivity index (χ1) is 8.06. The average molecular weight is 243 g/mol. The molecule has 3 heteroatoms. The average Bonchev–Trinajstić information content (AvgIpc) is 3.06. The monoisotopic (exact) mass is 243 g/mol. The summed E-state index contributed by atoms with van der Waals surface area (Å²) in [5.41, 5.74) is -0.154. The lowest BCUT2D eigenvalue weighted by atomic mass is 9.99. The molecule has 102 valence electrons. The molecule has 0 amide bonds. The predicted octanol–water partition coefficient (Wildman–Crippen LogP) is 2.33. The maximum atomic E-state index is 9.42. The van der Waals surface area contributed by atoms with Crippen LogP contribution < -0.4 is 5.32 Å². The Kier molecular flexibility index (Phi) is 6.45. The van der Waals surface area contributed by atoms with Gasteiger partial charge in [0.25, 0.3) is 0 Å². The van der Waals surface area contributed by atoms with E-state index in [1.54, 1.807) is 0 Å². The molecule has 0 spiro atoms. The number of ether oxygens (including phenoxy) is 1. The fourth-order valence-corrected chi connectivity index (χ4v) is 1.91. The Bertz CT molecular complexity index is 204. The zero-order chi connectivity index (χ0) is 12.7. The summed E-state index contributed by atoms with van der Waals surface area (Å²) in [5, 5.41) is 12.9. The van der Waals surface area contributed by atoms with E-state index in [0.717, 1.165) is 32.0 Å². The molecule has 0 aromatic rings. The smallest absolute Gasteiger partial charge is 0.0611 e. The number of aliphatic hydroxyl groups excluding tert-OH is 1. The van der Waals surface area contributed by atoms with Crippen LogP contribution in [0.5, 0.6) is 0 Å². The van der Waals surface area contributed by atoms with Crippen molar-refractivity contribution < 1.29 is 9.84 Å². The molecule has 0 radical (unpaired) electrons. The Balaban J connectivity index is 2.02. The van der Waals surface area contributed by atoms with E-state index in [1.165, 1.54) is 19.3 Å². The van der Waals surface area contributed by atoms with Gasteiger partial charge in [-0.3, -0.25) is 0 Å². The highest BCUT2D eigenvalue weighted by Gasteiger charge is 2.31. The summed E-state index contributed by atoms with van der Waals surface area (Å²) in [7, 11) is 0. The molecule has 2 N–H and O–H groups in total. The Morgan fingerprint density at radius 3 is 2.59 bits per heavy atom. The number of aliphatic hydroxyl groups is 1. The molecule has 1 atom stereocenters. The molecule has 0 heterocycles. The SMILES string of the molecule is CC(C)CCCOCCC(C)(CO)NC1CC1. The molecule has 1 rings (SSSR count). The van der Waals surface area contributed by atoms with Crippen molar-refractivity contribution in [1.29, 1.82) is 0 Å². The second kappa shape index (κ2) is 7.34. The summed E-state index contributed by atoms with van der Waals surface area (Å²) < 4.78 is 5.63. The highest BCUT2D eigenvalue weighted by molar-refractivity contribution is 4.92. The molecule has 17 heavy (non-hydrogen) atoms. The zero-order valence-corrected chi connectivity index (χ0v) is 11.7. The van der Waals surface area contributed by atoms with Crippen molar-refractivity contribution in [2.45, 2.75) is 64.5 Å². The number of hydrogen-bond acceptors (Lipinski definition) is 3. The summed E-state index contributed by atoms with van der Waals surface area (Å²) in [6, 6.07) is 0.632. The first kappa shape index (κ1) is 14.9. The van der Waals surface area contributed by atoms with Gasteiger partial charge in [0.15, 0.2) is 0 Å². The van der Waals surface area contributed by atoms with Crippen molar-refractivity contribution in [3.63, 3.8) is 0 Å². The molecule has 0 aromatic heterocycles. The van der Waals surface area contributed by atoms with E-state index in [0.29, 0.717) is 6.04 Å². The van der Waals surface area contributed by atoms with E-state index in [-0.39, 0.29) is 12.1 Å². The molecule has 1 fully saturated rings. The fraction of sp³-hybridized carbons (Fsp3) is 1.00. The minimum Gasteiger partial charge on any atom is -0.394 e. The van der Waals surface area contributed by atoms with Crippen LogP contribution in [-0.2, 0) is 4.74 Å². The summed E-state index contributed by atoms with van der Waals surface area (Å²) >= 11 is 0. The predicted molar refractivity (Wildman–Crippen MR) is 71.2 cm³/mol. The van der Waals surface area contributed by atoms with E-state index in [2.05, 4.69) is 26.1 Å². The van der Waals surface area contributed by atoms with Gasteiger partial charge in [0.1, 0.15) is 0 Å². The van der Waals surface area contributed by atoms with Crippen LogP contribution in [0, 0.1) is 5.92 Å². The molecular weight excluding hydrogens is 214 g/mol. The third kappa shape index (κ3) is 7.02. The molecule has 1 saturated carbocycles. The van der Waals surface area contributed by atoms with Crippen LogP contribution in [0.1, 0.15) is 52.9 Å². The first-order valence-corrected chi connectivity index (χ1v) is 7.02. The standard InChI is InChI=1S/C14H29NO2/c1-12(2)5-4-9-17-10-8-14(3,11-16)15-13-6-7-13/h12-13,15-16H,4-11H2,1-3H3. The molecule has 3 nitrogen and oxygen atoms in total. The number of nitrogens with one attached hydrogen (secondary N) is 1. The van der Waals surface area contributed by atoms with Gasteiger partial charge in [0.05, 0.1) is 6.61 Å². The van der Waals surface area contributed by atoms with Gasteiger partial charge in [0, 0.05) is 24.8 Å². The van der Waals surface area contributed by atoms with Crippen molar-refractivity contribution in [2.75, 3.05) is 19.8 Å². The van der Waals surface area contributed by atoms with Gasteiger partial charge in [0.2, 0.25) is 0 Å². The quantitative estimate of drug-likeness (QED) is 0.579. The molecule has 1 aliphatic rings. The van der Waals surface area contributed by atoms with Crippen LogP contribution >= 0.6 is 0 Å². The van der Waals surface area contributed by atoms with Crippen molar-refractivity contribution in [3.8, 4) is 0 Å². The number of hydrogen-bond donors (Lipinski definition) is 2. The Hall–Kier alpha value is -0.120. The maximum absolute atomic E-state index is 9.42. The first-order valence-electron chi connectivity index (χ1n) is 7.02. The van der Waals surface area contributed by atoms with E-state index in [4.69, 9.17) is 4.74 Å². The van der Waals surface area contributed by atoms with Crippen LogP contribution in [0.3, 0.4) is 0 Å². The van der Waals surface area contributed by atoms with Crippen LogP contribution in [-0.4, -0.2) is 36.5 Å². The molecular formula is C14H29NO2. The van der Waals surface area contributed by atoms with E-state index >= 15 is 0 Å². The minimum atomic E-state index is -0.154.